The SMILES string of the molecule is O=C(O)[C@H]1O[C@@H](Oc2cc(S(=O)(=O)O)c3ccc4c(S(=O)(=O)O)cc(S(=O)(=O)O)c5ccc2c3c54)[C@H](O)[C@@H](O)[C@@H]1O. The number of carbonyl (C=O) groups is 1. The standard InChI is InChI=1S/C22H18O16S3/c23-17-18(24)20(21(26)27)38-22(19(17)25)37-11-5-12(39(28,29)30)8-3-4-10-14(41(34,35)36)6-13(40(31,32)33)9-2-1-7(11)15(8)16(9)10/h1-6,17-20,22-25H,(H,26,27)(H,28,29,30)(H,31,32,33)(H,34,35,36)/t17-,18-,19+,20-,22+/m0/s1. The van der Waals surface area contributed by atoms with Crippen LogP contribution in [0.15, 0.2) is 51.1 Å². The first-order valence-electron chi connectivity index (χ1n) is 11.1. The number of aliphatic carboxylic acids is 1. The fraction of sp³-hybridized carbons (Fsp3) is 0.227. The summed E-state index contributed by atoms with van der Waals surface area (Å²) < 4.78 is 114. The van der Waals surface area contributed by atoms with Gasteiger partial charge in [-0.15, -0.1) is 0 Å². The molecule has 41 heavy (non-hydrogen) atoms. The van der Waals surface area contributed by atoms with Gasteiger partial charge in [0.1, 0.15) is 38.7 Å². The van der Waals surface area contributed by atoms with Crippen LogP contribution in [0.3, 0.4) is 0 Å². The monoisotopic (exact) mass is 634 g/mol. The van der Waals surface area contributed by atoms with Crippen molar-refractivity contribution >= 4 is 68.6 Å². The summed E-state index contributed by atoms with van der Waals surface area (Å²) >= 11 is 0. The van der Waals surface area contributed by atoms with Gasteiger partial charge in [-0.05, 0) is 12.1 Å². The topological polar surface area (TPSA) is 280 Å². The largest absolute Gasteiger partial charge is 0.479 e. The quantitative estimate of drug-likeness (QED) is 0.105. The second-order valence-electron chi connectivity index (χ2n) is 9.10. The van der Waals surface area contributed by atoms with E-state index in [1.807, 2.05) is 0 Å². The zero-order valence-electron chi connectivity index (χ0n) is 19.9. The Balaban J connectivity index is 1.90. The van der Waals surface area contributed by atoms with E-state index >= 15 is 0 Å². The van der Waals surface area contributed by atoms with Crippen molar-refractivity contribution in [2.75, 3.05) is 0 Å². The minimum Gasteiger partial charge on any atom is -0.479 e. The van der Waals surface area contributed by atoms with Gasteiger partial charge in [-0.1, -0.05) is 18.2 Å². The van der Waals surface area contributed by atoms with Gasteiger partial charge in [0.05, 0.1) is 0 Å². The number of ether oxygens (including phenoxy) is 2. The van der Waals surface area contributed by atoms with Crippen LogP contribution in [0.4, 0.5) is 0 Å². The van der Waals surface area contributed by atoms with Crippen molar-refractivity contribution in [3.63, 3.8) is 0 Å². The molecule has 220 valence electrons. The predicted octanol–water partition coefficient (Wildman–Crippen LogP) is -0.405. The van der Waals surface area contributed by atoms with Crippen LogP contribution in [0.5, 0.6) is 5.75 Å². The summed E-state index contributed by atoms with van der Waals surface area (Å²) in [6.07, 6.45) is -10.4. The van der Waals surface area contributed by atoms with Crippen molar-refractivity contribution < 1.29 is 73.6 Å². The van der Waals surface area contributed by atoms with Crippen LogP contribution in [0, 0.1) is 0 Å². The Bertz CT molecular complexity index is 2020. The van der Waals surface area contributed by atoms with E-state index in [4.69, 9.17) is 9.47 Å². The van der Waals surface area contributed by atoms with Gasteiger partial charge in [0.25, 0.3) is 30.4 Å². The third kappa shape index (κ3) is 4.74. The number of carboxylic acids is 1. The lowest BCUT2D eigenvalue weighted by Crippen LogP contribution is -2.61. The first-order chi connectivity index (χ1) is 18.8. The molecule has 1 aliphatic heterocycles. The predicted molar refractivity (Wildman–Crippen MR) is 135 cm³/mol. The lowest BCUT2D eigenvalue weighted by atomic mass is 9.93. The van der Waals surface area contributed by atoms with E-state index < -0.39 is 87.5 Å². The summed E-state index contributed by atoms with van der Waals surface area (Å²) in [6.45, 7) is 0. The molecule has 1 aliphatic rings. The normalized spacial score (nSPS) is 24.3. The van der Waals surface area contributed by atoms with Crippen molar-refractivity contribution in [2.45, 2.75) is 45.4 Å². The van der Waals surface area contributed by atoms with E-state index in [9.17, 15) is 64.1 Å². The highest BCUT2D eigenvalue weighted by Gasteiger charge is 2.48. The third-order valence-electron chi connectivity index (χ3n) is 6.64. The molecular weight excluding hydrogens is 616 g/mol. The Morgan fingerprint density at radius 1 is 0.659 bits per heavy atom. The van der Waals surface area contributed by atoms with E-state index in [0.717, 1.165) is 30.3 Å². The molecule has 7 N–H and O–H groups in total. The lowest BCUT2D eigenvalue weighted by molar-refractivity contribution is -0.270. The van der Waals surface area contributed by atoms with Gasteiger partial charge < -0.3 is 29.9 Å². The molecule has 1 saturated heterocycles. The van der Waals surface area contributed by atoms with Crippen molar-refractivity contribution in [2.24, 2.45) is 0 Å². The fourth-order valence-electron chi connectivity index (χ4n) is 4.88. The smallest absolute Gasteiger partial charge is 0.335 e. The van der Waals surface area contributed by atoms with Gasteiger partial charge in [0, 0.05) is 38.4 Å². The van der Waals surface area contributed by atoms with E-state index in [-0.39, 0.29) is 32.3 Å². The van der Waals surface area contributed by atoms with Gasteiger partial charge in [0.2, 0.25) is 6.29 Å². The number of aliphatic hydroxyl groups is 3. The Labute approximate surface area is 229 Å². The van der Waals surface area contributed by atoms with Crippen LogP contribution >= 0.6 is 0 Å². The van der Waals surface area contributed by atoms with E-state index in [2.05, 4.69) is 0 Å². The zero-order valence-corrected chi connectivity index (χ0v) is 22.3. The molecule has 0 saturated carbocycles. The Hall–Kier alpha value is -3.24. The number of hydrogen-bond acceptors (Lipinski definition) is 12. The lowest BCUT2D eigenvalue weighted by Gasteiger charge is -2.38. The van der Waals surface area contributed by atoms with Crippen molar-refractivity contribution in [3.8, 4) is 5.75 Å². The Kier molecular flexibility index (Phi) is 6.70. The highest BCUT2D eigenvalue weighted by atomic mass is 32.2. The van der Waals surface area contributed by atoms with E-state index in [1.54, 1.807) is 0 Å². The molecule has 0 bridgehead atoms. The third-order valence-corrected chi connectivity index (χ3v) is 9.32. The average Bonchev–Trinajstić information content (AvgIpc) is 2.85. The van der Waals surface area contributed by atoms with Gasteiger partial charge in [-0.25, -0.2) is 4.79 Å². The minimum absolute atomic E-state index is 0.137. The first kappa shape index (κ1) is 29.3. The van der Waals surface area contributed by atoms with Crippen LogP contribution in [0.1, 0.15) is 0 Å². The molecule has 1 fully saturated rings. The van der Waals surface area contributed by atoms with Crippen molar-refractivity contribution in [1.29, 1.82) is 0 Å². The molecule has 4 aromatic rings. The molecule has 5 rings (SSSR count). The maximum Gasteiger partial charge on any atom is 0.335 e. The van der Waals surface area contributed by atoms with Crippen LogP contribution < -0.4 is 4.74 Å². The molecule has 0 spiro atoms. The maximum absolute atomic E-state index is 12.4. The van der Waals surface area contributed by atoms with Crippen LogP contribution in [-0.2, 0) is 39.9 Å². The molecule has 16 nitrogen and oxygen atoms in total. The number of hydrogen-bond donors (Lipinski definition) is 7. The highest BCUT2D eigenvalue weighted by Crippen LogP contribution is 2.45. The minimum atomic E-state index is -5.15. The highest BCUT2D eigenvalue weighted by molar-refractivity contribution is 7.87. The molecule has 0 amide bonds. The summed E-state index contributed by atoms with van der Waals surface area (Å²) in [7, 11) is -15.4. The second-order valence-corrected chi connectivity index (χ2v) is 13.3. The molecule has 5 atom stereocenters. The molecule has 0 aliphatic carbocycles. The van der Waals surface area contributed by atoms with Gasteiger partial charge in [-0.2, -0.15) is 25.3 Å². The van der Waals surface area contributed by atoms with Gasteiger partial charge in [-0.3, -0.25) is 13.7 Å². The summed E-state index contributed by atoms with van der Waals surface area (Å²) in [5, 5.41) is 38.1. The molecule has 0 radical (unpaired) electrons. The molecule has 19 heteroatoms. The van der Waals surface area contributed by atoms with Gasteiger partial charge in [0.15, 0.2) is 6.10 Å². The van der Waals surface area contributed by atoms with Crippen molar-refractivity contribution in [1.82, 2.24) is 0 Å². The first-order valence-corrected chi connectivity index (χ1v) is 15.4. The molecule has 0 aromatic heterocycles. The summed E-state index contributed by atoms with van der Waals surface area (Å²) in [5.41, 5.74) is 0. The number of rotatable bonds is 6. The molecular formula is C22H18O16S3. The second kappa shape index (κ2) is 9.39. The van der Waals surface area contributed by atoms with Crippen LogP contribution in [-0.4, -0.2) is 96.0 Å². The van der Waals surface area contributed by atoms with E-state index in [1.165, 1.54) is 0 Å². The van der Waals surface area contributed by atoms with Crippen LogP contribution in [0.25, 0.3) is 32.3 Å². The van der Waals surface area contributed by atoms with Gasteiger partial charge >= 0.3 is 5.97 Å². The Morgan fingerprint density at radius 3 is 1.51 bits per heavy atom. The number of benzene rings is 4. The van der Waals surface area contributed by atoms with E-state index in [0.29, 0.717) is 6.07 Å². The fourth-order valence-corrected chi connectivity index (χ4v) is 7.09. The number of carboxylic acid groups (broad SMARTS) is 1. The maximum atomic E-state index is 12.4. The van der Waals surface area contributed by atoms with Crippen molar-refractivity contribution in [3.05, 3.63) is 36.4 Å². The summed E-state index contributed by atoms with van der Waals surface area (Å²) in [5.74, 6) is -2.30. The zero-order chi connectivity index (χ0) is 30.4. The molecule has 4 aromatic carbocycles. The summed E-state index contributed by atoms with van der Waals surface area (Å²) in [4.78, 5) is 8.66. The molecule has 1 heterocycles. The Morgan fingerprint density at radius 2 is 1.07 bits per heavy atom. The molecule has 0 unspecified atom stereocenters. The average molecular weight is 635 g/mol. The summed E-state index contributed by atoms with van der Waals surface area (Å²) in [6, 6.07) is 5.54. The number of aliphatic hydroxyl groups excluding tert-OH is 3. The van der Waals surface area contributed by atoms with Crippen LogP contribution in [0.2, 0.25) is 0 Å².